The zero-order valence-corrected chi connectivity index (χ0v) is 15.5. The Hall–Kier alpha value is -2.64. The van der Waals surface area contributed by atoms with Gasteiger partial charge in [0.25, 0.3) is 5.91 Å². The van der Waals surface area contributed by atoms with Gasteiger partial charge in [-0.25, -0.2) is 9.97 Å². The van der Waals surface area contributed by atoms with E-state index in [0.29, 0.717) is 12.2 Å². The number of aryl methyl sites for hydroxylation is 1. The number of ether oxygens (including phenoxy) is 1. The highest BCUT2D eigenvalue weighted by molar-refractivity contribution is 5.97. The lowest BCUT2D eigenvalue weighted by Gasteiger charge is -2.28. The molecule has 0 aliphatic heterocycles. The maximum atomic E-state index is 12.9. The Balaban J connectivity index is 2.43. The lowest BCUT2D eigenvalue weighted by Crippen LogP contribution is -2.43. The van der Waals surface area contributed by atoms with E-state index in [0.717, 1.165) is 16.9 Å². The first-order valence-electron chi connectivity index (χ1n) is 8.64. The van der Waals surface area contributed by atoms with Crippen molar-refractivity contribution in [3.8, 4) is 11.5 Å². The smallest absolute Gasteiger partial charge is 0.406 e. The minimum atomic E-state index is -4.49. The van der Waals surface area contributed by atoms with Crippen LogP contribution in [0.3, 0.4) is 0 Å². The number of amides is 1. The first-order valence-corrected chi connectivity index (χ1v) is 8.64. The molecule has 1 aromatic heterocycles. The Morgan fingerprint density at radius 2 is 1.89 bits per heavy atom. The Bertz CT molecular complexity index is 765. The Morgan fingerprint density at radius 1 is 1.22 bits per heavy atom. The predicted octanol–water partition coefficient (Wildman–Crippen LogP) is 4.63. The van der Waals surface area contributed by atoms with E-state index in [1.54, 1.807) is 32.0 Å². The van der Waals surface area contributed by atoms with Crippen molar-refractivity contribution in [1.29, 1.82) is 0 Å². The maximum Gasteiger partial charge on any atom is 0.406 e. The van der Waals surface area contributed by atoms with Crippen molar-refractivity contribution in [2.75, 3.05) is 6.54 Å². The molecule has 0 spiro atoms. The number of hydrogen-bond acceptors (Lipinski definition) is 4. The van der Waals surface area contributed by atoms with E-state index in [2.05, 4.69) is 9.97 Å². The van der Waals surface area contributed by atoms with Crippen LogP contribution >= 0.6 is 0 Å². The van der Waals surface area contributed by atoms with Crippen molar-refractivity contribution >= 4 is 5.91 Å². The van der Waals surface area contributed by atoms with Crippen LogP contribution < -0.4 is 4.74 Å². The highest BCUT2D eigenvalue weighted by Crippen LogP contribution is 2.29. The molecule has 0 saturated carbocycles. The molecule has 0 fully saturated rings. The molecule has 0 bridgehead atoms. The van der Waals surface area contributed by atoms with Crippen LogP contribution in [0.15, 0.2) is 36.9 Å². The number of carbonyl (C=O) groups excluding carboxylic acids is 1. The van der Waals surface area contributed by atoms with Crippen molar-refractivity contribution < 1.29 is 22.7 Å². The Labute approximate surface area is 156 Å². The quantitative estimate of drug-likeness (QED) is 0.701. The van der Waals surface area contributed by atoms with E-state index < -0.39 is 24.7 Å². The summed E-state index contributed by atoms with van der Waals surface area (Å²) in [5.74, 6) is -0.267. The van der Waals surface area contributed by atoms with Gasteiger partial charge in [-0.05, 0) is 38.0 Å². The first kappa shape index (κ1) is 20.7. The molecular weight excluding hydrogens is 359 g/mol. The standard InChI is InChI=1S/C19H22F3N3O2/c1-4-5-14-6-7-17(27-15-9-23-12-24-10-15)16(8-14)18(26)25(13(2)3)11-19(20,21)22/h6-10,12-13H,4-5,11H2,1-3H3. The van der Waals surface area contributed by atoms with Gasteiger partial charge in [-0.3, -0.25) is 4.79 Å². The molecule has 27 heavy (non-hydrogen) atoms. The summed E-state index contributed by atoms with van der Waals surface area (Å²) >= 11 is 0. The van der Waals surface area contributed by atoms with Crippen molar-refractivity contribution in [2.45, 2.75) is 45.8 Å². The average Bonchev–Trinajstić information content (AvgIpc) is 2.60. The molecule has 0 saturated heterocycles. The van der Waals surface area contributed by atoms with Crippen LogP contribution in [-0.4, -0.2) is 39.5 Å². The fourth-order valence-corrected chi connectivity index (χ4v) is 2.58. The van der Waals surface area contributed by atoms with E-state index in [-0.39, 0.29) is 11.3 Å². The molecule has 1 aromatic carbocycles. The number of alkyl halides is 3. The summed E-state index contributed by atoms with van der Waals surface area (Å²) in [6.45, 7) is 3.75. The van der Waals surface area contributed by atoms with Gasteiger partial charge in [0, 0.05) is 6.04 Å². The highest BCUT2D eigenvalue weighted by atomic mass is 19.4. The summed E-state index contributed by atoms with van der Waals surface area (Å²) < 4.78 is 44.5. The molecule has 8 heteroatoms. The van der Waals surface area contributed by atoms with Gasteiger partial charge in [-0.15, -0.1) is 0 Å². The van der Waals surface area contributed by atoms with Crippen LogP contribution in [0.1, 0.15) is 43.1 Å². The molecule has 1 amide bonds. The topological polar surface area (TPSA) is 55.3 Å². The van der Waals surface area contributed by atoms with Gasteiger partial charge in [0.1, 0.15) is 18.6 Å². The molecule has 0 radical (unpaired) electrons. The molecule has 0 unspecified atom stereocenters. The lowest BCUT2D eigenvalue weighted by molar-refractivity contribution is -0.143. The molecule has 146 valence electrons. The first-order chi connectivity index (χ1) is 12.7. The Kier molecular flexibility index (Phi) is 6.76. The van der Waals surface area contributed by atoms with Gasteiger partial charge in [-0.2, -0.15) is 13.2 Å². The number of benzene rings is 1. The summed E-state index contributed by atoms with van der Waals surface area (Å²) in [5.41, 5.74) is 0.941. The fraction of sp³-hybridized carbons (Fsp3) is 0.421. The molecule has 0 N–H and O–H groups in total. The summed E-state index contributed by atoms with van der Waals surface area (Å²) in [5, 5.41) is 0. The minimum Gasteiger partial charge on any atom is -0.453 e. The molecule has 0 aliphatic carbocycles. The number of rotatable bonds is 7. The molecule has 2 rings (SSSR count). The number of hydrogen-bond donors (Lipinski definition) is 0. The van der Waals surface area contributed by atoms with Crippen LogP contribution in [0.4, 0.5) is 13.2 Å². The highest BCUT2D eigenvalue weighted by Gasteiger charge is 2.35. The van der Waals surface area contributed by atoms with Gasteiger partial charge in [0.05, 0.1) is 18.0 Å². The lowest BCUT2D eigenvalue weighted by atomic mass is 10.0. The average molecular weight is 381 g/mol. The second-order valence-electron chi connectivity index (χ2n) is 6.40. The van der Waals surface area contributed by atoms with Crippen molar-refractivity contribution in [1.82, 2.24) is 14.9 Å². The summed E-state index contributed by atoms with van der Waals surface area (Å²) in [6.07, 6.45) is 1.21. The normalized spacial score (nSPS) is 11.5. The van der Waals surface area contributed by atoms with Gasteiger partial charge >= 0.3 is 6.18 Å². The third kappa shape index (κ3) is 5.94. The van der Waals surface area contributed by atoms with Gasteiger partial charge < -0.3 is 9.64 Å². The van der Waals surface area contributed by atoms with Crippen molar-refractivity contribution in [3.63, 3.8) is 0 Å². The summed E-state index contributed by atoms with van der Waals surface area (Å²) in [6, 6.07) is 4.36. The van der Waals surface area contributed by atoms with Crippen LogP contribution in [0.25, 0.3) is 0 Å². The third-order valence-corrected chi connectivity index (χ3v) is 3.81. The van der Waals surface area contributed by atoms with E-state index in [1.165, 1.54) is 18.7 Å². The number of carbonyl (C=O) groups is 1. The monoisotopic (exact) mass is 381 g/mol. The van der Waals surface area contributed by atoms with Gasteiger partial charge in [-0.1, -0.05) is 19.4 Å². The number of nitrogens with zero attached hydrogens (tertiary/aromatic N) is 3. The van der Waals surface area contributed by atoms with Gasteiger partial charge in [0.2, 0.25) is 0 Å². The van der Waals surface area contributed by atoms with Crippen LogP contribution in [0, 0.1) is 0 Å². The summed E-state index contributed by atoms with van der Waals surface area (Å²) in [7, 11) is 0. The van der Waals surface area contributed by atoms with E-state index in [9.17, 15) is 18.0 Å². The van der Waals surface area contributed by atoms with Gasteiger partial charge in [0.15, 0.2) is 5.75 Å². The Morgan fingerprint density at radius 3 is 2.44 bits per heavy atom. The predicted molar refractivity (Wildman–Crippen MR) is 94.8 cm³/mol. The summed E-state index contributed by atoms with van der Waals surface area (Å²) in [4.78, 5) is 21.4. The van der Waals surface area contributed by atoms with Crippen molar-refractivity contribution in [3.05, 3.63) is 48.0 Å². The number of aromatic nitrogens is 2. The third-order valence-electron chi connectivity index (χ3n) is 3.81. The molecular formula is C19H22F3N3O2. The second-order valence-corrected chi connectivity index (χ2v) is 6.40. The SMILES string of the molecule is CCCc1ccc(Oc2cncnc2)c(C(=O)N(CC(F)(F)F)C(C)C)c1. The molecule has 1 heterocycles. The second kappa shape index (κ2) is 8.83. The number of halogens is 3. The van der Waals surface area contributed by atoms with E-state index in [1.807, 2.05) is 6.92 Å². The zero-order valence-electron chi connectivity index (χ0n) is 15.5. The minimum absolute atomic E-state index is 0.0859. The van der Waals surface area contributed by atoms with Crippen LogP contribution in [0.2, 0.25) is 0 Å². The largest absolute Gasteiger partial charge is 0.453 e. The van der Waals surface area contributed by atoms with Crippen LogP contribution in [0.5, 0.6) is 11.5 Å². The molecule has 0 aliphatic rings. The van der Waals surface area contributed by atoms with E-state index in [4.69, 9.17) is 4.74 Å². The van der Waals surface area contributed by atoms with E-state index >= 15 is 0 Å². The zero-order chi connectivity index (χ0) is 20.0. The molecule has 5 nitrogen and oxygen atoms in total. The molecule has 0 atom stereocenters. The van der Waals surface area contributed by atoms with Crippen molar-refractivity contribution in [2.24, 2.45) is 0 Å². The van der Waals surface area contributed by atoms with Crippen LogP contribution in [-0.2, 0) is 6.42 Å². The fourth-order valence-electron chi connectivity index (χ4n) is 2.58. The molecule has 2 aromatic rings. The maximum absolute atomic E-state index is 12.9.